The standard InChI is InChI=1S/C16H34N4OS/c1-5-17-16(18-7-6-10-22-4)19-11-15-13-20(8-9-21-15)12-14(2)3/h14-15H,5-13H2,1-4H3,(H2,17,18,19). The fraction of sp³-hybridized carbons (Fsp3) is 0.938. The number of hydrogen-bond donors (Lipinski definition) is 2. The number of guanidine groups is 1. The van der Waals surface area contributed by atoms with Gasteiger partial charge in [-0.1, -0.05) is 13.8 Å². The van der Waals surface area contributed by atoms with Crippen molar-refractivity contribution in [3.8, 4) is 0 Å². The summed E-state index contributed by atoms with van der Waals surface area (Å²) >= 11 is 1.88. The molecule has 0 saturated carbocycles. The van der Waals surface area contributed by atoms with Gasteiger partial charge in [0, 0.05) is 32.7 Å². The highest BCUT2D eigenvalue weighted by Gasteiger charge is 2.20. The predicted octanol–water partition coefficient (Wildman–Crippen LogP) is 1.65. The van der Waals surface area contributed by atoms with Gasteiger partial charge in [-0.3, -0.25) is 9.89 Å². The molecule has 1 heterocycles. The van der Waals surface area contributed by atoms with Gasteiger partial charge in [0.25, 0.3) is 0 Å². The second kappa shape index (κ2) is 12.0. The van der Waals surface area contributed by atoms with Crippen molar-refractivity contribution in [3.63, 3.8) is 0 Å². The van der Waals surface area contributed by atoms with Crippen molar-refractivity contribution in [2.24, 2.45) is 10.9 Å². The molecular formula is C16H34N4OS. The van der Waals surface area contributed by atoms with Crippen LogP contribution in [0.25, 0.3) is 0 Å². The average molecular weight is 331 g/mol. The molecular weight excluding hydrogens is 296 g/mol. The Morgan fingerprint density at radius 2 is 2.23 bits per heavy atom. The fourth-order valence-corrected chi connectivity index (χ4v) is 2.96. The minimum absolute atomic E-state index is 0.217. The van der Waals surface area contributed by atoms with Gasteiger partial charge >= 0.3 is 0 Å². The molecule has 0 spiro atoms. The van der Waals surface area contributed by atoms with E-state index in [4.69, 9.17) is 4.74 Å². The van der Waals surface area contributed by atoms with Crippen LogP contribution in [0, 0.1) is 5.92 Å². The molecule has 0 aromatic heterocycles. The normalized spacial score (nSPS) is 20.4. The summed E-state index contributed by atoms with van der Waals surface area (Å²) in [4.78, 5) is 7.18. The van der Waals surface area contributed by atoms with Crippen molar-refractivity contribution in [2.45, 2.75) is 33.3 Å². The third-order valence-corrected chi connectivity index (χ3v) is 4.16. The molecule has 0 aliphatic carbocycles. The summed E-state index contributed by atoms with van der Waals surface area (Å²) in [7, 11) is 0. The first-order chi connectivity index (χ1) is 10.7. The van der Waals surface area contributed by atoms with E-state index in [0.29, 0.717) is 5.92 Å². The molecule has 0 aromatic rings. The first kappa shape index (κ1) is 19.6. The lowest BCUT2D eigenvalue weighted by molar-refractivity contribution is -0.0261. The Hall–Kier alpha value is -0.460. The van der Waals surface area contributed by atoms with Gasteiger partial charge in [0.1, 0.15) is 0 Å². The maximum Gasteiger partial charge on any atom is 0.191 e. The van der Waals surface area contributed by atoms with Crippen molar-refractivity contribution in [1.82, 2.24) is 15.5 Å². The van der Waals surface area contributed by atoms with Crippen LogP contribution in [-0.2, 0) is 4.74 Å². The van der Waals surface area contributed by atoms with Crippen molar-refractivity contribution in [3.05, 3.63) is 0 Å². The number of aliphatic imine (C=N–C) groups is 1. The molecule has 0 radical (unpaired) electrons. The molecule has 22 heavy (non-hydrogen) atoms. The summed E-state index contributed by atoms with van der Waals surface area (Å²) in [5.74, 6) is 2.80. The summed E-state index contributed by atoms with van der Waals surface area (Å²) < 4.78 is 5.85. The van der Waals surface area contributed by atoms with Crippen LogP contribution in [0.5, 0.6) is 0 Å². The van der Waals surface area contributed by atoms with E-state index < -0.39 is 0 Å². The van der Waals surface area contributed by atoms with E-state index >= 15 is 0 Å². The molecule has 0 amide bonds. The maximum atomic E-state index is 5.85. The molecule has 1 saturated heterocycles. The lowest BCUT2D eigenvalue weighted by Gasteiger charge is -2.33. The average Bonchev–Trinajstić information content (AvgIpc) is 2.49. The van der Waals surface area contributed by atoms with Crippen molar-refractivity contribution in [1.29, 1.82) is 0 Å². The number of rotatable bonds is 9. The molecule has 1 fully saturated rings. The van der Waals surface area contributed by atoms with Gasteiger partial charge in [-0.05, 0) is 31.3 Å². The number of morpholine rings is 1. The van der Waals surface area contributed by atoms with Crippen LogP contribution in [0.4, 0.5) is 0 Å². The number of nitrogens with zero attached hydrogens (tertiary/aromatic N) is 2. The van der Waals surface area contributed by atoms with Gasteiger partial charge in [0.15, 0.2) is 5.96 Å². The van der Waals surface area contributed by atoms with Gasteiger partial charge in [-0.15, -0.1) is 0 Å². The molecule has 1 aliphatic rings. The molecule has 2 N–H and O–H groups in total. The number of nitrogens with one attached hydrogen (secondary N) is 2. The topological polar surface area (TPSA) is 48.9 Å². The second-order valence-electron chi connectivity index (χ2n) is 6.14. The van der Waals surface area contributed by atoms with Crippen LogP contribution in [0.1, 0.15) is 27.2 Å². The van der Waals surface area contributed by atoms with Crippen LogP contribution in [0.15, 0.2) is 4.99 Å². The summed E-state index contributed by atoms with van der Waals surface area (Å²) in [5.41, 5.74) is 0. The highest BCUT2D eigenvalue weighted by molar-refractivity contribution is 7.98. The zero-order valence-electron chi connectivity index (χ0n) is 14.7. The lowest BCUT2D eigenvalue weighted by atomic mass is 10.2. The number of thioether (sulfide) groups is 1. The van der Waals surface area contributed by atoms with Gasteiger partial charge in [0.2, 0.25) is 0 Å². The summed E-state index contributed by atoms with van der Waals surface area (Å²) in [5, 5.41) is 6.70. The monoisotopic (exact) mass is 330 g/mol. The van der Waals surface area contributed by atoms with E-state index in [9.17, 15) is 0 Å². The summed E-state index contributed by atoms with van der Waals surface area (Å²) in [6.45, 7) is 13.2. The second-order valence-corrected chi connectivity index (χ2v) is 7.12. The summed E-state index contributed by atoms with van der Waals surface area (Å²) in [6.07, 6.45) is 3.52. The van der Waals surface area contributed by atoms with E-state index in [-0.39, 0.29) is 6.10 Å². The molecule has 6 heteroatoms. The molecule has 5 nitrogen and oxygen atoms in total. The van der Waals surface area contributed by atoms with Crippen LogP contribution in [-0.4, -0.2) is 74.8 Å². The SMILES string of the molecule is CCNC(=NCC1CN(CC(C)C)CCO1)NCCCSC. The minimum atomic E-state index is 0.217. The minimum Gasteiger partial charge on any atom is -0.374 e. The number of hydrogen-bond acceptors (Lipinski definition) is 4. The largest absolute Gasteiger partial charge is 0.374 e. The van der Waals surface area contributed by atoms with E-state index in [1.165, 1.54) is 5.75 Å². The Balaban J connectivity index is 2.36. The Bertz CT molecular complexity index is 313. The van der Waals surface area contributed by atoms with Gasteiger partial charge in [0.05, 0.1) is 19.3 Å². The Kier molecular flexibility index (Phi) is 10.7. The smallest absolute Gasteiger partial charge is 0.191 e. The molecule has 1 rings (SSSR count). The predicted molar refractivity (Wildman–Crippen MR) is 98.0 cm³/mol. The Morgan fingerprint density at radius 1 is 1.41 bits per heavy atom. The highest BCUT2D eigenvalue weighted by atomic mass is 32.2. The Morgan fingerprint density at radius 3 is 2.91 bits per heavy atom. The van der Waals surface area contributed by atoms with E-state index in [1.807, 2.05) is 11.8 Å². The molecule has 1 aliphatic heterocycles. The van der Waals surface area contributed by atoms with Crippen LogP contribution < -0.4 is 10.6 Å². The molecule has 0 aromatic carbocycles. The zero-order chi connectivity index (χ0) is 16.2. The van der Waals surface area contributed by atoms with Gasteiger partial charge < -0.3 is 15.4 Å². The van der Waals surface area contributed by atoms with Gasteiger partial charge in [-0.25, -0.2) is 0 Å². The maximum absolute atomic E-state index is 5.85. The van der Waals surface area contributed by atoms with Gasteiger partial charge in [-0.2, -0.15) is 11.8 Å². The summed E-state index contributed by atoms with van der Waals surface area (Å²) in [6, 6.07) is 0. The van der Waals surface area contributed by atoms with E-state index in [0.717, 1.165) is 58.3 Å². The van der Waals surface area contributed by atoms with E-state index in [2.05, 4.69) is 47.6 Å². The molecule has 1 unspecified atom stereocenters. The molecule has 1 atom stereocenters. The quantitative estimate of drug-likeness (QED) is 0.382. The fourth-order valence-electron chi connectivity index (χ4n) is 2.53. The first-order valence-corrected chi connectivity index (χ1v) is 9.90. The first-order valence-electron chi connectivity index (χ1n) is 8.50. The number of ether oxygens (including phenoxy) is 1. The van der Waals surface area contributed by atoms with Crippen LogP contribution in [0.2, 0.25) is 0 Å². The van der Waals surface area contributed by atoms with Crippen molar-refractivity contribution in [2.75, 3.05) is 57.9 Å². The lowest BCUT2D eigenvalue weighted by Crippen LogP contribution is -2.46. The third-order valence-electron chi connectivity index (χ3n) is 3.46. The highest BCUT2D eigenvalue weighted by Crippen LogP contribution is 2.08. The molecule has 0 bridgehead atoms. The third kappa shape index (κ3) is 8.86. The van der Waals surface area contributed by atoms with Crippen LogP contribution >= 0.6 is 11.8 Å². The van der Waals surface area contributed by atoms with Crippen molar-refractivity contribution >= 4 is 17.7 Å². The van der Waals surface area contributed by atoms with Crippen LogP contribution in [0.3, 0.4) is 0 Å². The van der Waals surface area contributed by atoms with Crippen molar-refractivity contribution < 1.29 is 4.74 Å². The Labute approximate surface area is 140 Å². The zero-order valence-corrected chi connectivity index (χ0v) is 15.5. The van der Waals surface area contributed by atoms with E-state index in [1.54, 1.807) is 0 Å². The molecule has 130 valence electrons.